The molecule has 2 atom stereocenters. The van der Waals surface area contributed by atoms with E-state index in [0.717, 1.165) is 19.3 Å². The van der Waals surface area contributed by atoms with Gasteiger partial charge in [0, 0.05) is 6.42 Å². The molecular formula is C11H16O4. The van der Waals surface area contributed by atoms with Gasteiger partial charge in [0.25, 0.3) is 0 Å². The van der Waals surface area contributed by atoms with E-state index in [1.165, 1.54) is 7.11 Å². The van der Waals surface area contributed by atoms with Crippen molar-refractivity contribution in [3.8, 4) is 0 Å². The topological polar surface area (TPSA) is 52.6 Å². The second kappa shape index (κ2) is 3.22. The highest BCUT2D eigenvalue weighted by Gasteiger charge is 2.60. The van der Waals surface area contributed by atoms with E-state index in [4.69, 9.17) is 9.47 Å². The van der Waals surface area contributed by atoms with Crippen molar-refractivity contribution < 1.29 is 19.1 Å². The van der Waals surface area contributed by atoms with Gasteiger partial charge in [-0.3, -0.25) is 9.59 Å². The highest BCUT2D eigenvalue weighted by molar-refractivity contribution is 6.01. The molecular weight excluding hydrogens is 196 g/mol. The fraction of sp³-hybridized carbons (Fsp3) is 0.818. The zero-order chi connectivity index (χ0) is 11.1. The van der Waals surface area contributed by atoms with Crippen LogP contribution in [0.1, 0.15) is 39.0 Å². The molecule has 2 unspecified atom stereocenters. The van der Waals surface area contributed by atoms with Crippen LogP contribution in [0.25, 0.3) is 0 Å². The number of rotatable bonds is 1. The second-order valence-corrected chi connectivity index (χ2v) is 4.80. The first kappa shape index (κ1) is 10.5. The lowest BCUT2D eigenvalue weighted by Crippen LogP contribution is -2.36. The average Bonchev–Trinajstić information content (AvgIpc) is 2.36. The normalized spacial score (nSPS) is 39.5. The number of carbonyl (C=O) groups excluding carboxylic acids is 2. The van der Waals surface area contributed by atoms with Crippen molar-refractivity contribution >= 4 is 11.9 Å². The zero-order valence-corrected chi connectivity index (χ0v) is 9.17. The summed E-state index contributed by atoms with van der Waals surface area (Å²) in [6, 6.07) is 0. The van der Waals surface area contributed by atoms with E-state index in [0.29, 0.717) is 12.8 Å². The molecule has 15 heavy (non-hydrogen) atoms. The Hall–Kier alpha value is -1.06. The monoisotopic (exact) mass is 212 g/mol. The van der Waals surface area contributed by atoms with Crippen LogP contribution in [-0.2, 0) is 19.1 Å². The summed E-state index contributed by atoms with van der Waals surface area (Å²) in [5, 5.41) is 0. The van der Waals surface area contributed by atoms with Crippen molar-refractivity contribution in [3.63, 3.8) is 0 Å². The summed E-state index contributed by atoms with van der Waals surface area (Å²) in [5.41, 5.74) is -1.47. The van der Waals surface area contributed by atoms with Crippen LogP contribution in [0.4, 0.5) is 0 Å². The van der Waals surface area contributed by atoms with Crippen LogP contribution >= 0.6 is 0 Å². The molecule has 0 aromatic rings. The van der Waals surface area contributed by atoms with E-state index >= 15 is 0 Å². The highest BCUT2D eigenvalue weighted by atomic mass is 16.6. The molecule has 1 saturated heterocycles. The van der Waals surface area contributed by atoms with Crippen LogP contribution in [0.15, 0.2) is 0 Å². The lowest BCUT2D eigenvalue weighted by molar-refractivity contribution is -0.166. The predicted molar refractivity (Wildman–Crippen MR) is 52.0 cm³/mol. The van der Waals surface area contributed by atoms with Crippen molar-refractivity contribution in [1.29, 1.82) is 0 Å². The molecule has 0 radical (unpaired) electrons. The van der Waals surface area contributed by atoms with Crippen molar-refractivity contribution in [2.24, 2.45) is 5.41 Å². The van der Waals surface area contributed by atoms with Gasteiger partial charge in [-0.15, -0.1) is 0 Å². The second-order valence-electron chi connectivity index (χ2n) is 4.80. The molecule has 0 spiro atoms. The van der Waals surface area contributed by atoms with Gasteiger partial charge in [0.05, 0.1) is 7.11 Å². The molecule has 2 fully saturated rings. The van der Waals surface area contributed by atoms with Gasteiger partial charge in [-0.05, 0) is 26.2 Å². The SMILES string of the molecule is COC(=O)C12CCCCC(C)(C1)OC2=O. The molecule has 0 N–H and O–H groups in total. The first-order chi connectivity index (χ1) is 7.02. The molecule has 0 aromatic heterocycles. The largest absolute Gasteiger partial charge is 0.468 e. The molecule has 2 aliphatic rings. The summed E-state index contributed by atoms with van der Waals surface area (Å²) < 4.78 is 10.1. The van der Waals surface area contributed by atoms with Gasteiger partial charge in [-0.25, -0.2) is 0 Å². The molecule has 1 heterocycles. The van der Waals surface area contributed by atoms with Gasteiger partial charge in [0.15, 0.2) is 5.41 Å². The lowest BCUT2D eigenvalue weighted by atomic mass is 9.79. The Morgan fingerprint density at radius 1 is 1.40 bits per heavy atom. The van der Waals surface area contributed by atoms with Gasteiger partial charge in [-0.1, -0.05) is 6.42 Å². The number of methoxy groups -OCH3 is 1. The molecule has 2 bridgehead atoms. The van der Waals surface area contributed by atoms with E-state index in [1.807, 2.05) is 6.92 Å². The first-order valence-corrected chi connectivity index (χ1v) is 5.34. The molecule has 2 rings (SSSR count). The van der Waals surface area contributed by atoms with Crippen LogP contribution in [0.2, 0.25) is 0 Å². The summed E-state index contributed by atoms with van der Waals surface area (Å²) in [5.74, 6) is -0.824. The number of hydrogen-bond acceptors (Lipinski definition) is 4. The van der Waals surface area contributed by atoms with Gasteiger partial charge in [0.1, 0.15) is 5.60 Å². The zero-order valence-electron chi connectivity index (χ0n) is 9.17. The summed E-state index contributed by atoms with van der Waals surface area (Å²) in [4.78, 5) is 23.5. The highest BCUT2D eigenvalue weighted by Crippen LogP contribution is 2.49. The Morgan fingerprint density at radius 3 is 2.73 bits per heavy atom. The smallest absolute Gasteiger partial charge is 0.324 e. The third-order valence-corrected chi connectivity index (χ3v) is 3.54. The molecule has 84 valence electrons. The van der Waals surface area contributed by atoms with E-state index in [2.05, 4.69) is 0 Å². The number of carbonyl (C=O) groups is 2. The van der Waals surface area contributed by atoms with Crippen LogP contribution in [0.3, 0.4) is 0 Å². The standard InChI is InChI=1S/C11H16O4/c1-10-5-3-4-6-11(7-10,8(12)14-2)9(13)15-10/h3-7H2,1-2H3. The van der Waals surface area contributed by atoms with Crippen LogP contribution in [0.5, 0.6) is 0 Å². The van der Waals surface area contributed by atoms with E-state index in [-0.39, 0.29) is 0 Å². The Kier molecular flexibility index (Phi) is 2.24. The van der Waals surface area contributed by atoms with Crippen molar-refractivity contribution in [3.05, 3.63) is 0 Å². The summed E-state index contributed by atoms with van der Waals surface area (Å²) in [6.45, 7) is 1.90. The minimum atomic E-state index is -1.01. The molecule has 1 aliphatic heterocycles. The number of ether oxygens (including phenoxy) is 2. The summed E-state index contributed by atoms with van der Waals surface area (Å²) in [7, 11) is 1.32. The molecule has 0 aromatic carbocycles. The Bertz CT molecular complexity index is 312. The molecule has 0 amide bonds. The quantitative estimate of drug-likeness (QED) is 0.487. The summed E-state index contributed by atoms with van der Waals surface area (Å²) in [6.07, 6.45) is 3.78. The van der Waals surface area contributed by atoms with Gasteiger partial charge < -0.3 is 9.47 Å². The van der Waals surface area contributed by atoms with Gasteiger partial charge in [-0.2, -0.15) is 0 Å². The van der Waals surface area contributed by atoms with Crippen molar-refractivity contribution in [1.82, 2.24) is 0 Å². The minimum Gasteiger partial charge on any atom is -0.468 e. The van der Waals surface area contributed by atoms with E-state index < -0.39 is 23.0 Å². The fourth-order valence-electron chi connectivity index (χ4n) is 2.78. The van der Waals surface area contributed by atoms with Crippen LogP contribution in [-0.4, -0.2) is 24.6 Å². The lowest BCUT2D eigenvalue weighted by Gasteiger charge is -2.20. The first-order valence-electron chi connectivity index (χ1n) is 5.34. The van der Waals surface area contributed by atoms with Gasteiger partial charge >= 0.3 is 11.9 Å². The molecule has 1 aliphatic carbocycles. The van der Waals surface area contributed by atoms with Crippen molar-refractivity contribution in [2.45, 2.75) is 44.6 Å². The maximum Gasteiger partial charge on any atom is 0.324 e. The Morgan fingerprint density at radius 2 is 2.07 bits per heavy atom. The third kappa shape index (κ3) is 1.43. The van der Waals surface area contributed by atoms with Crippen molar-refractivity contribution in [2.75, 3.05) is 7.11 Å². The number of fused-ring (bicyclic) bond motifs is 2. The Labute approximate surface area is 88.9 Å². The molecule has 1 saturated carbocycles. The maximum atomic E-state index is 11.8. The van der Waals surface area contributed by atoms with E-state index in [1.54, 1.807) is 0 Å². The molecule has 4 heteroatoms. The van der Waals surface area contributed by atoms with Crippen LogP contribution < -0.4 is 0 Å². The average molecular weight is 212 g/mol. The Balaban J connectivity index is 2.36. The summed E-state index contributed by atoms with van der Waals surface area (Å²) >= 11 is 0. The third-order valence-electron chi connectivity index (χ3n) is 3.54. The molecule has 4 nitrogen and oxygen atoms in total. The van der Waals surface area contributed by atoms with Crippen LogP contribution in [0, 0.1) is 5.41 Å². The fourth-order valence-corrected chi connectivity index (χ4v) is 2.78. The minimum absolute atomic E-state index is 0.392. The van der Waals surface area contributed by atoms with E-state index in [9.17, 15) is 9.59 Å². The van der Waals surface area contributed by atoms with Gasteiger partial charge in [0.2, 0.25) is 0 Å². The number of hydrogen-bond donors (Lipinski definition) is 0. The number of esters is 2. The maximum absolute atomic E-state index is 11.8. The predicted octanol–water partition coefficient (Wildman–Crippen LogP) is 1.43.